The van der Waals surface area contributed by atoms with E-state index in [0.717, 1.165) is 12.5 Å². The summed E-state index contributed by atoms with van der Waals surface area (Å²) >= 11 is 0. The quantitative estimate of drug-likeness (QED) is 0.842. The van der Waals surface area contributed by atoms with Gasteiger partial charge in [-0.15, -0.1) is 0 Å². The van der Waals surface area contributed by atoms with Crippen LogP contribution in [0.3, 0.4) is 0 Å². The number of nitrogens with one attached hydrogen (secondary N) is 1. The van der Waals surface area contributed by atoms with Gasteiger partial charge < -0.3 is 5.32 Å². The Balaban J connectivity index is 2.14. The highest BCUT2D eigenvalue weighted by Crippen LogP contribution is 2.49. The Morgan fingerprint density at radius 2 is 1.84 bits per heavy atom. The summed E-state index contributed by atoms with van der Waals surface area (Å²) in [4.78, 5) is 0. The maximum atomic E-state index is 13.1. The van der Waals surface area contributed by atoms with Crippen LogP contribution in [0.2, 0.25) is 0 Å². The predicted octanol–water partition coefficient (Wildman–Crippen LogP) is 4.13. The number of hydrogen-bond donors (Lipinski definition) is 1. The Labute approximate surface area is 116 Å². The molecule has 1 saturated carbocycles. The molecule has 1 nitrogen and oxygen atoms in total. The van der Waals surface area contributed by atoms with Gasteiger partial charge in [0.05, 0.1) is 0 Å². The summed E-state index contributed by atoms with van der Waals surface area (Å²) in [6, 6.07) is 7.72. The minimum atomic E-state index is -0.147. The monoisotopic (exact) mass is 263 g/mol. The van der Waals surface area contributed by atoms with Crippen LogP contribution in [-0.2, 0) is 5.41 Å². The topological polar surface area (TPSA) is 12.0 Å². The Morgan fingerprint density at radius 1 is 1.21 bits per heavy atom. The van der Waals surface area contributed by atoms with Crippen LogP contribution in [0.15, 0.2) is 24.3 Å². The van der Waals surface area contributed by atoms with Gasteiger partial charge in [0.2, 0.25) is 0 Å². The normalized spacial score (nSPS) is 27.1. The van der Waals surface area contributed by atoms with Crippen molar-refractivity contribution >= 4 is 0 Å². The van der Waals surface area contributed by atoms with Crippen LogP contribution in [0.25, 0.3) is 0 Å². The Bertz CT molecular complexity index is 410. The molecule has 1 aliphatic rings. The van der Waals surface area contributed by atoms with Crippen molar-refractivity contribution < 1.29 is 4.39 Å². The van der Waals surface area contributed by atoms with Gasteiger partial charge in [-0.05, 0) is 47.9 Å². The molecule has 1 aliphatic carbocycles. The second-order valence-corrected chi connectivity index (χ2v) is 6.31. The van der Waals surface area contributed by atoms with Crippen molar-refractivity contribution in [1.29, 1.82) is 0 Å². The smallest absolute Gasteiger partial charge is 0.123 e. The second kappa shape index (κ2) is 5.62. The van der Waals surface area contributed by atoms with Crippen LogP contribution in [0.5, 0.6) is 0 Å². The van der Waals surface area contributed by atoms with Gasteiger partial charge in [-0.1, -0.05) is 46.2 Å². The maximum absolute atomic E-state index is 13.1. The van der Waals surface area contributed by atoms with E-state index in [4.69, 9.17) is 0 Å². The lowest BCUT2D eigenvalue weighted by molar-refractivity contribution is 0.0431. The highest BCUT2D eigenvalue weighted by Gasteiger charge is 2.47. The second-order valence-electron chi connectivity index (χ2n) is 6.31. The summed E-state index contributed by atoms with van der Waals surface area (Å²) in [6.07, 6.45) is 2.45. The highest BCUT2D eigenvalue weighted by molar-refractivity contribution is 5.27. The fourth-order valence-corrected chi connectivity index (χ4v) is 3.70. The molecule has 0 bridgehead atoms. The molecule has 1 N–H and O–H groups in total. The fourth-order valence-electron chi connectivity index (χ4n) is 3.70. The molecule has 2 heteroatoms. The summed E-state index contributed by atoms with van der Waals surface area (Å²) in [5, 5.41) is 3.59. The van der Waals surface area contributed by atoms with Crippen molar-refractivity contribution in [3.8, 4) is 0 Å². The van der Waals surface area contributed by atoms with E-state index in [2.05, 4.69) is 33.0 Å². The molecule has 0 spiro atoms. The van der Waals surface area contributed by atoms with E-state index in [-0.39, 0.29) is 11.2 Å². The molecule has 2 rings (SSSR count). The molecule has 19 heavy (non-hydrogen) atoms. The van der Waals surface area contributed by atoms with Crippen molar-refractivity contribution in [2.75, 3.05) is 6.54 Å². The molecular weight excluding hydrogens is 237 g/mol. The van der Waals surface area contributed by atoms with Gasteiger partial charge in [0.1, 0.15) is 5.82 Å². The van der Waals surface area contributed by atoms with Crippen LogP contribution < -0.4 is 5.32 Å². The van der Waals surface area contributed by atoms with Crippen molar-refractivity contribution in [2.45, 2.75) is 52.0 Å². The summed E-state index contributed by atoms with van der Waals surface area (Å²) < 4.78 is 13.1. The van der Waals surface area contributed by atoms with Gasteiger partial charge in [-0.25, -0.2) is 4.39 Å². The van der Waals surface area contributed by atoms with Crippen LogP contribution in [-0.4, -0.2) is 12.6 Å². The molecule has 0 amide bonds. The predicted molar refractivity (Wildman–Crippen MR) is 78.8 cm³/mol. The van der Waals surface area contributed by atoms with Gasteiger partial charge >= 0.3 is 0 Å². The molecule has 106 valence electrons. The van der Waals surface area contributed by atoms with Crippen LogP contribution in [0, 0.1) is 17.7 Å². The minimum Gasteiger partial charge on any atom is -0.314 e. The first kappa shape index (κ1) is 14.5. The molecule has 1 fully saturated rings. The van der Waals surface area contributed by atoms with E-state index < -0.39 is 0 Å². The number of halogens is 1. The molecule has 0 aromatic heterocycles. The molecule has 0 aliphatic heterocycles. The maximum Gasteiger partial charge on any atom is 0.123 e. The molecular formula is C17H26FN. The fraction of sp³-hybridized carbons (Fsp3) is 0.647. The summed E-state index contributed by atoms with van der Waals surface area (Å²) in [7, 11) is 0. The van der Waals surface area contributed by atoms with Gasteiger partial charge in [0, 0.05) is 6.04 Å². The third kappa shape index (κ3) is 2.69. The first-order chi connectivity index (χ1) is 9.00. The SMILES string of the molecule is CCNC1CC(C(C)(C)c2ccc(F)cc2)C1CC. The lowest BCUT2D eigenvalue weighted by Gasteiger charge is -2.53. The van der Waals surface area contributed by atoms with Gasteiger partial charge in [-0.2, -0.15) is 0 Å². The van der Waals surface area contributed by atoms with Crippen LogP contribution >= 0.6 is 0 Å². The van der Waals surface area contributed by atoms with E-state index in [9.17, 15) is 4.39 Å². The van der Waals surface area contributed by atoms with Gasteiger partial charge in [0.25, 0.3) is 0 Å². The lowest BCUT2D eigenvalue weighted by Crippen LogP contribution is -2.56. The van der Waals surface area contributed by atoms with Crippen molar-refractivity contribution in [3.05, 3.63) is 35.6 Å². The third-order valence-corrected chi connectivity index (χ3v) is 4.99. The largest absolute Gasteiger partial charge is 0.314 e. The van der Waals surface area contributed by atoms with Crippen molar-refractivity contribution in [3.63, 3.8) is 0 Å². The average Bonchev–Trinajstić information content (AvgIpc) is 2.34. The zero-order valence-electron chi connectivity index (χ0n) is 12.5. The van der Waals surface area contributed by atoms with E-state index in [1.165, 1.54) is 18.4 Å². The summed E-state index contributed by atoms with van der Waals surface area (Å²) in [6.45, 7) is 10.1. The average molecular weight is 263 g/mol. The molecule has 0 saturated heterocycles. The van der Waals surface area contributed by atoms with Gasteiger partial charge in [-0.3, -0.25) is 0 Å². The zero-order chi connectivity index (χ0) is 14.0. The molecule has 0 heterocycles. The Kier molecular flexibility index (Phi) is 4.29. The molecule has 1 aromatic carbocycles. The van der Waals surface area contributed by atoms with Crippen molar-refractivity contribution in [2.24, 2.45) is 11.8 Å². The summed E-state index contributed by atoms with van der Waals surface area (Å²) in [5.74, 6) is 1.28. The lowest BCUT2D eigenvalue weighted by atomic mass is 9.55. The van der Waals surface area contributed by atoms with Crippen LogP contribution in [0.4, 0.5) is 4.39 Å². The standard InChI is InChI=1S/C17H26FN/c1-5-14-15(11-16(14)19-6-2)17(3,4)12-7-9-13(18)10-8-12/h7-10,14-16,19H,5-6,11H2,1-4H3. The Hall–Kier alpha value is -0.890. The van der Waals surface area contributed by atoms with Crippen molar-refractivity contribution in [1.82, 2.24) is 5.32 Å². The number of benzene rings is 1. The number of hydrogen-bond acceptors (Lipinski definition) is 1. The van der Waals surface area contributed by atoms with E-state index in [1.54, 1.807) is 12.1 Å². The first-order valence-electron chi connectivity index (χ1n) is 7.50. The number of rotatable bonds is 5. The first-order valence-corrected chi connectivity index (χ1v) is 7.50. The molecule has 3 unspecified atom stereocenters. The Morgan fingerprint density at radius 3 is 2.37 bits per heavy atom. The minimum absolute atomic E-state index is 0.125. The summed E-state index contributed by atoms with van der Waals surface area (Å²) in [5.41, 5.74) is 1.38. The van der Waals surface area contributed by atoms with E-state index in [1.807, 2.05) is 12.1 Å². The highest BCUT2D eigenvalue weighted by atomic mass is 19.1. The molecule has 1 aromatic rings. The molecule has 3 atom stereocenters. The van der Waals surface area contributed by atoms with Crippen LogP contribution in [0.1, 0.15) is 46.1 Å². The van der Waals surface area contributed by atoms with E-state index in [0.29, 0.717) is 12.0 Å². The molecule has 0 radical (unpaired) electrons. The van der Waals surface area contributed by atoms with Gasteiger partial charge in [0.15, 0.2) is 0 Å². The zero-order valence-corrected chi connectivity index (χ0v) is 12.5. The van der Waals surface area contributed by atoms with E-state index >= 15 is 0 Å². The third-order valence-electron chi connectivity index (χ3n) is 4.99.